The first-order chi connectivity index (χ1) is 21.7. The number of hydrogen-bond donors (Lipinski definition) is 2. The predicted octanol–water partition coefficient (Wildman–Crippen LogP) is 4.06. The summed E-state index contributed by atoms with van der Waals surface area (Å²) in [6, 6.07) is 15.9. The van der Waals surface area contributed by atoms with Gasteiger partial charge in [-0.05, 0) is 48.2 Å². The molecular formula is C34H46N2O9. The Morgan fingerprint density at radius 3 is 1.18 bits per heavy atom. The van der Waals surface area contributed by atoms with Gasteiger partial charge in [-0.2, -0.15) is 0 Å². The van der Waals surface area contributed by atoms with Gasteiger partial charge >= 0.3 is 17.9 Å². The molecule has 0 spiro atoms. The molecule has 0 aromatic heterocycles. The van der Waals surface area contributed by atoms with Crippen LogP contribution in [0.2, 0.25) is 0 Å². The molecule has 2 aromatic carbocycles. The molecule has 0 saturated heterocycles. The van der Waals surface area contributed by atoms with Gasteiger partial charge < -0.3 is 39.9 Å². The molecule has 0 bridgehead atoms. The summed E-state index contributed by atoms with van der Waals surface area (Å²) in [5, 5.41) is 0. The van der Waals surface area contributed by atoms with Crippen LogP contribution in [0.25, 0.3) is 0 Å². The molecule has 0 saturated carbocycles. The molecule has 4 N–H and O–H groups in total. The van der Waals surface area contributed by atoms with Crippen molar-refractivity contribution in [3.8, 4) is 0 Å². The maximum atomic E-state index is 11.1. The van der Waals surface area contributed by atoms with Crippen molar-refractivity contribution >= 4 is 29.3 Å². The van der Waals surface area contributed by atoms with Crippen molar-refractivity contribution in [3.63, 3.8) is 0 Å². The van der Waals surface area contributed by atoms with Crippen molar-refractivity contribution in [2.45, 2.75) is 19.8 Å². The number of anilines is 2. The molecule has 2 aromatic rings. The van der Waals surface area contributed by atoms with Crippen LogP contribution in [0, 0.1) is 5.41 Å². The minimum absolute atomic E-state index is 0.0986. The van der Waals surface area contributed by atoms with Crippen LogP contribution in [0.3, 0.4) is 0 Å². The minimum atomic E-state index is -0.518. The minimum Gasteiger partial charge on any atom is -0.460 e. The van der Waals surface area contributed by atoms with Crippen LogP contribution in [0.15, 0.2) is 86.5 Å². The summed E-state index contributed by atoms with van der Waals surface area (Å²) in [6.45, 7) is 13.7. The van der Waals surface area contributed by atoms with Crippen LogP contribution >= 0.6 is 0 Å². The van der Waals surface area contributed by atoms with Crippen molar-refractivity contribution in [2.24, 2.45) is 5.41 Å². The average molecular weight is 627 g/mol. The Morgan fingerprint density at radius 1 is 0.600 bits per heavy atom. The summed E-state index contributed by atoms with van der Waals surface area (Å²) in [5.74, 6) is -1.56. The molecule has 0 amide bonds. The highest BCUT2D eigenvalue weighted by atomic mass is 16.6. The van der Waals surface area contributed by atoms with Gasteiger partial charge in [-0.3, -0.25) is 0 Å². The molecule has 0 aliphatic carbocycles. The molecule has 11 heteroatoms. The maximum absolute atomic E-state index is 11.1. The zero-order chi connectivity index (χ0) is 33.3. The van der Waals surface area contributed by atoms with E-state index in [1.54, 1.807) is 0 Å². The lowest BCUT2D eigenvalue weighted by atomic mass is 9.88. The van der Waals surface area contributed by atoms with E-state index in [9.17, 15) is 14.4 Å². The van der Waals surface area contributed by atoms with Gasteiger partial charge in [0.15, 0.2) is 0 Å². The molecule has 0 radical (unpaired) electrons. The van der Waals surface area contributed by atoms with Crippen molar-refractivity contribution in [2.75, 3.05) is 70.9 Å². The fourth-order valence-corrected chi connectivity index (χ4v) is 3.58. The second kappa shape index (κ2) is 23.0. The first kappa shape index (κ1) is 38.6. The monoisotopic (exact) mass is 626 g/mol. The fraction of sp³-hybridized carbons (Fsp3) is 0.382. The van der Waals surface area contributed by atoms with Gasteiger partial charge in [-0.1, -0.05) is 50.9 Å². The second-order valence-corrected chi connectivity index (χ2v) is 9.79. The van der Waals surface area contributed by atoms with Gasteiger partial charge in [0.1, 0.15) is 19.8 Å². The molecule has 246 valence electrons. The third kappa shape index (κ3) is 18.1. The van der Waals surface area contributed by atoms with Crippen molar-refractivity contribution in [3.05, 3.63) is 97.6 Å². The number of esters is 3. The number of benzene rings is 2. The van der Waals surface area contributed by atoms with Gasteiger partial charge in [0.05, 0.1) is 39.6 Å². The first-order valence-electron chi connectivity index (χ1n) is 14.5. The molecule has 0 unspecified atom stereocenters. The van der Waals surface area contributed by atoms with Gasteiger partial charge in [-0.15, -0.1) is 0 Å². The zero-order valence-electron chi connectivity index (χ0n) is 26.1. The van der Waals surface area contributed by atoms with Crippen molar-refractivity contribution in [1.29, 1.82) is 0 Å². The molecule has 0 fully saturated rings. The van der Waals surface area contributed by atoms with E-state index in [1.807, 2.05) is 55.5 Å². The molecular weight excluding hydrogens is 580 g/mol. The van der Waals surface area contributed by atoms with Gasteiger partial charge in [-0.25, -0.2) is 14.4 Å². The third-order valence-corrected chi connectivity index (χ3v) is 6.26. The number of carbonyl (C=O) groups excluding carboxylic acids is 3. The van der Waals surface area contributed by atoms with Gasteiger partial charge in [0, 0.05) is 35.0 Å². The largest absolute Gasteiger partial charge is 0.460 e. The predicted molar refractivity (Wildman–Crippen MR) is 173 cm³/mol. The summed E-state index contributed by atoms with van der Waals surface area (Å²) < 4.78 is 31.5. The van der Waals surface area contributed by atoms with E-state index in [-0.39, 0.29) is 59.5 Å². The van der Waals surface area contributed by atoms with Crippen LogP contribution in [-0.2, 0) is 49.2 Å². The molecule has 2 rings (SSSR count). The molecule has 11 nitrogen and oxygen atoms in total. The van der Waals surface area contributed by atoms with E-state index < -0.39 is 23.3 Å². The van der Waals surface area contributed by atoms with E-state index >= 15 is 0 Å². The van der Waals surface area contributed by atoms with E-state index in [0.29, 0.717) is 6.42 Å². The lowest BCUT2D eigenvalue weighted by molar-refractivity contribution is -0.141. The van der Waals surface area contributed by atoms with Crippen LogP contribution in [0.5, 0.6) is 0 Å². The topological polar surface area (TPSA) is 159 Å². The van der Waals surface area contributed by atoms with E-state index in [0.717, 1.165) is 36.0 Å². The second-order valence-electron chi connectivity index (χ2n) is 9.79. The highest BCUT2D eigenvalue weighted by Gasteiger charge is 2.30. The fourth-order valence-electron chi connectivity index (χ4n) is 3.58. The lowest BCUT2D eigenvalue weighted by Crippen LogP contribution is -2.38. The lowest BCUT2D eigenvalue weighted by Gasteiger charge is -2.32. The first-order valence-corrected chi connectivity index (χ1v) is 14.5. The van der Waals surface area contributed by atoms with E-state index in [1.165, 1.54) is 11.1 Å². The number of nitrogens with two attached hydrogens (primary N) is 2. The Kier molecular flexibility index (Phi) is 19.7. The highest BCUT2D eigenvalue weighted by molar-refractivity contribution is 5.81. The molecule has 0 aliphatic heterocycles. The Balaban J connectivity index is 0.000000555. The Hall–Kier alpha value is -4.45. The SMILES string of the molecule is C=CC(=O)OCCOCC(CC)(COCCOC(=O)C=C)COCCOC(=O)C=C.Nc1ccc(Cc2ccc(N)cc2)cc1. The summed E-state index contributed by atoms with van der Waals surface area (Å²) >= 11 is 0. The van der Waals surface area contributed by atoms with Crippen LogP contribution in [0.1, 0.15) is 24.5 Å². The standard InChI is InChI=1S/C21H32O9.C13H14N2/c1-5-18(22)28-12-9-25-15-21(8-4,16-26-10-13-29-19(23)6-2)17-27-11-14-30-20(24)7-3;14-12-5-1-10(2-6-12)9-11-3-7-13(15)8-4-11/h5-7H,1-3,8-17H2,4H3;1-8H,9,14-15H2. The Labute approximate surface area is 265 Å². The van der Waals surface area contributed by atoms with E-state index in [4.69, 9.17) is 39.9 Å². The number of rotatable bonds is 21. The normalized spacial score (nSPS) is 10.5. The van der Waals surface area contributed by atoms with Crippen molar-refractivity contribution < 1.29 is 42.8 Å². The summed E-state index contributed by atoms with van der Waals surface area (Å²) in [4.78, 5) is 33.2. The highest BCUT2D eigenvalue weighted by Crippen LogP contribution is 2.24. The number of hydrogen-bond acceptors (Lipinski definition) is 11. The molecule has 0 aliphatic rings. The van der Waals surface area contributed by atoms with Gasteiger partial charge in [0.25, 0.3) is 0 Å². The third-order valence-electron chi connectivity index (χ3n) is 6.26. The summed E-state index contributed by atoms with van der Waals surface area (Å²) in [5.41, 5.74) is 14.9. The number of ether oxygens (including phenoxy) is 6. The average Bonchev–Trinajstić information content (AvgIpc) is 3.05. The molecule has 0 atom stereocenters. The van der Waals surface area contributed by atoms with Crippen LogP contribution < -0.4 is 11.5 Å². The van der Waals surface area contributed by atoms with Crippen LogP contribution in [0.4, 0.5) is 11.4 Å². The summed E-state index contributed by atoms with van der Waals surface area (Å²) in [6.07, 6.45) is 4.82. The Morgan fingerprint density at radius 2 is 0.911 bits per heavy atom. The van der Waals surface area contributed by atoms with E-state index in [2.05, 4.69) is 19.7 Å². The maximum Gasteiger partial charge on any atom is 0.330 e. The molecule has 45 heavy (non-hydrogen) atoms. The quantitative estimate of drug-likeness (QED) is 0.0677. The smallest absolute Gasteiger partial charge is 0.330 e. The Bertz CT molecular complexity index is 1060. The van der Waals surface area contributed by atoms with Crippen molar-refractivity contribution in [1.82, 2.24) is 0 Å². The summed E-state index contributed by atoms with van der Waals surface area (Å²) in [7, 11) is 0. The number of nitrogen functional groups attached to an aromatic ring is 2. The van der Waals surface area contributed by atoms with Crippen LogP contribution in [-0.4, -0.2) is 77.4 Å². The number of carbonyl (C=O) groups is 3. The molecule has 0 heterocycles. The zero-order valence-corrected chi connectivity index (χ0v) is 26.1. The van der Waals surface area contributed by atoms with Gasteiger partial charge in [0.2, 0.25) is 0 Å².